The molecule has 7 rings (SSSR count). The number of benzene rings is 2. The highest BCUT2D eigenvalue weighted by atomic mass is 32.1. The third-order valence-corrected chi connectivity index (χ3v) is 7.90. The summed E-state index contributed by atoms with van der Waals surface area (Å²) in [5.41, 5.74) is 3.48. The van der Waals surface area contributed by atoms with Crippen LogP contribution in [0.5, 0.6) is 23.0 Å². The van der Waals surface area contributed by atoms with Crippen LogP contribution in [0.3, 0.4) is 0 Å². The molecule has 164 valence electrons. The van der Waals surface area contributed by atoms with Gasteiger partial charge in [-0.1, -0.05) is 12.1 Å². The standard InChI is InChI=1S/C25H17NO5S2/c27-21-15-9-13(24-22-19(11-32-24)28-5-7-30-22)1-3-17(15)26-18-4-2-14(10-16(18)21)25-23-20(12-33-25)29-6-8-31-23/h1-4,9-12H,5-8H2,(H,26,27). The second-order valence-electron chi connectivity index (χ2n) is 7.89. The quantitative estimate of drug-likeness (QED) is 0.333. The maximum atomic E-state index is 13.6. The van der Waals surface area contributed by atoms with Crippen LogP contribution in [-0.4, -0.2) is 31.4 Å². The van der Waals surface area contributed by atoms with Crippen molar-refractivity contribution in [1.29, 1.82) is 0 Å². The van der Waals surface area contributed by atoms with E-state index in [0.29, 0.717) is 37.2 Å². The van der Waals surface area contributed by atoms with E-state index >= 15 is 0 Å². The van der Waals surface area contributed by atoms with Crippen LogP contribution < -0.4 is 24.4 Å². The molecule has 5 heterocycles. The second kappa shape index (κ2) is 7.26. The van der Waals surface area contributed by atoms with Crippen LogP contribution in [0.25, 0.3) is 42.7 Å². The minimum Gasteiger partial charge on any atom is -0.485 e. The zero-order valence-corrected chi connectivity index (χ0v) is 18.9. The highest BCUT2D eigenvalue weighted by Crippen LogP contribution is 2.47. The van der Waals surface area contributed by atoms with Crippen LogP contribution >= 0.6 is 22.7 Å². The summed E-state index contributed by atoms with van der Waals surface area (Å²) in [6.07, 6.45) is 0. The maximum Gasteiger partial charge on any atom is 0.197 e. The van der Waals surface area contributed by atoms with Crippen LogP contribution in [-0.2, 0) is 0 Å². The van der Waals surface area contributed by atoms with E-state index < -0.39 is 0 Å². The number of pyridine rings is 1. The van der Waals surface area contributed by atoms with Crippen LogP contribution in [0, 0.1) is 0 Å². The fourth-order valence-electron chi connectivity index (χ4n) is 4.38. The van der Waals surface area contributed by atoms with Crippen LogP contribution in [0.1, 0.15) is 0 Å². The van der Waals surface area contributed by atoms with Gasteiger partial charge in [0.05, 0.1) is 9.75 Å². The average Bonchev–Trinajstić information content (AvgIpc) is 3.49. The Balaban J connectivity index is 1.39. The lowest BCUT2D eigenvalue weighted by Gasteiger charge is -2.16. The van der Waals surface area contributed by atoms with E-state index in [9.17, 15) is 4.79 Å². The van der Waals surface area contributed by atoms with Gasteiger partial charge in [-0.15, -0.1) is 22.7 Å². The first-order valence-electron chi connectivity index (χ1n) is 10.6. The van der Waals surface area contributed by atoms with Gasteiger partial charge in [-0.3, -0.25) is 4.79 Å². The van der Waals surface area contributed by atoms with Crippen molar-refractivity contribution in [2.45, 2.75) is 0 Å². The maximum absolute atomic E-state index is 13.6. The average molecular weight is 476 g/mol. The Hall–Kier alpha value is -3.49. The van der Waals surface area contributed by atoms with Crippen molar-refractivity contribution >= 4 is 44.5 Å². The lowest BCUT2D eigenvalue weighted by Crippen LogP contribution is -2.14. The summed E-state index contributed by atoms with van der Waals surface area (Å²) >= 11 is 3.13. The first kappa shape index (κ1) is 19.0. The van der Waals surface area contributed by atoms with Gasteiger partial charge < -0.3 is 23.9 Å². The summed E-state index contributed by atoms with van der Waals surface area (Å²) in [5, 5.41) is 5.20. The molecule has 0 bridgehead atoms. The minimum atomic E-state index is -0.00682. The van der Waals surface area contributed by atoms with E-state index in [1.807, 2.05) is 47.2 Å². The molecule has 0 fully saturated rings. The van der Waals surface area contributed by atoms with Gasteiger partial charge in [0.2, 0.25) is 0 Å². The Labute approximate surface area is 195 Å². The van der Waals surface area contributed by atoms with Crippen LogP contribution in [0.15, 0.2) is 52.0 Å². The summed E-state index contributed by atoms with van der Waals surface area (Å²) in [5.74, 6) is 3.05. The minimum absolute atomic E-state index is 0.00682. The summed E-state index contributed by atoms with van der Waals surface area (Å²) in [6, 6.07) is 11.8. The molecule has 2 aromatic carbocycles. The first-order chi connectivity index (χ1) is 16.3. The van der Waals surface area contributed by atoms with E-state index in [-0.39, 0.29) is 5.43 Å². The molecule has 1 N–H and O–H groups in total. The smallest absolute Gasteiger partial charge is 0.197 e. The molecule has 0 saturated carbocycles. The van der Waals surface area contributed by atoms with Gasteiger partial charge in [-0.2, -0.15) is 0 Å². The molecule has 0 spiro atoms. The number of aromatic amines is 1. The molecule has 8 heteroatoms. The number of rotatable bonds is 2. The van der Waals surface area contributed by atoms with Crippen molar-refractivity contribution in [3.8, 4) is 43.9 Å². The van der Waals surface area contributed by atoms with Gasteiger partial charge in [-0.05, 0) is 35.4 Å². The number of aromatic nitrogens is 1. The number of fused-ring (bicyclic) bond motifs is 4. The van der Waals surface area contributed by atoms with E-state index in [4.69, 9.17) is 18.9 Å². The molecule has 0 saturated heterocycles. The molecule has 0 radical (unpaired) electrons. The van der Waals surface area contributed by atoms with Crippen molar-refractivity contribution in [2.75, 3.05) is 26.4 Å². The van der Waals surface area contributed by atoms with Gasteiger partial charge in [0.1, 0.15) is 26.4 Å². The zero-order chi connectivity index (χ0) is 21.9. The predicted octanol–water partition coefficient (Wildman–Crippen LogP) is 5.68. The van der Waals surface area contributed by atoms with E-state index in [2.05, 4.69) is 4.98 Å². The Kier molecular flexibility index (Phi) is 4.19. The molecule has 0 atom stereocenters. The lowest BCUT2D eigenvalue weighted by atomic mass is 10.0. The highest BCUT2D eigenvalue weighted by Gasteiger charge is 2.22. The Morgan fingerprint density at radius 1 is 0.667 bits per heavy atom. The summed E-state index contributed by atoms with van der Waals surface area (Å²) in [6.45, 7) is 2.16. The second-order valence-corrected chi connectivity index (χ2v) is 9.64. The van der Waals surface area contributed by atoms with E-state index in [0.717, 1.165) is 54.9 Å². The fraction of sp³-hybridized carbons (Fsp3) is 0.160. The molecule has 33 heavy (non-hydrogen) atoms. The molecule has 0 aliphatic carbocycles. The Morgan fingerprint density at radius 2 is 1.15 bits per heavy atom. The number of H-pyrrole nitrogens is 1. The number of hydrogen-bond donors (Lipinski definition) is 1. The van der Waals surface area contributed by atoms with E-state index in [1.54, 1.807) is 22.7 Å². The topological polar surface area (TPSA) is 69.8 Å². The zero-order valence-electron chi connectivity index (χ0n) is 17.3. The van der Waals surface area contributed by atoms with Crippen LogP contribution in [0.4, 0.5) is 0 Å². The summed E-state index contributed by atoms with van der Waals surface area (Å²) in [7, 11) is 0. The van der Waals surface area contributed by atoms with Gasteiger partial charge >= 0.3 is 0 Å². The van der Waals surface area contributed by atoms with Crippen LogP contribution in [0.2, 0.25) is 0 Å². The monoisotopic (exact) mass is 475 g/mol. The van der Waals surface area contributed by atoms with Gasteiger partial charge in [-0.25, -0.2) is 0 Å². The van der Waals surface area contributed by atoms with Crippen molar-refractivity contribution in [3.05, 3.63) is 57.4 Å². The van der Waals surface area contributed by atoms with Crippen molar-refractivity contribution < 1.29 is 18.9 Å². The van der Waals surface area contributed by atoms with Crippen molar-refractivity contribution in [1.82, 2.24) is 4.98 Å². The molecule has 2 aliphatic heterocycles. The molecule has 0 unspecified atom stereocenters. The molecular weight excluding hydrogens is 458 g/mol. The normalized spacial score (nSPS) is 14.7. The molecule has 6 nitrogen and oxygen atoms in total. The molecule has 5 aromatic rings. The summed E-state index contributed by atoms with van der Waals surface area (Å²) < 4.78 is 23.0. The lowest BCUT2D eigenvalue weighted by molar-refractivity contribution is 0.174. The van der Waals surface area contributed by atoms with Gasteiger partial charge in [0, 0.05) is 32.6 Å². The molecule has 2 aliphatic rings. The first-order valence-corrected chi connectivity index (χ1v) is 12.4. The SMILES string of the molecule is O=c1c2cc(-c3scc4c3OCCO4)ccc2[nH]c2ccc(-c3scc4c3OCCO4)cc12. The number of nitrogens with one attached hydrogen (secondary N) is 1. The van der Waals surface area contributed by atoms with Gasteiger partial charge in [0.15, 0.2) is 28.4 Å². The molecule has 0 amide bonds. The third kappa shape index (κ3) is 2.94. The number of hydrogen-bond acceptors (Lipinski definition) is 7. The van der Waals surface area contributed by atoms with Crippen molar-refractivity contribution in [2.24, 2.45) is 0 Å². The molecular formula is C25H17NO5S2. The van der Waals surface area contributed by atoms with Crippen molar-refractivity contribution in [3.63, 3.8) is 0 Å². The summed E-state index contributed by atoms with van der Waals surface area (Å²) in [4.78, 5) is 18.9. The fourth-order valence-corrected chi connectivity index (χ4v) is 6.24. The highest BCUT2D eigenvalue weighted by molar-refractivity contribution is 7.14. The molecule has 3 aromatic heterocycles. The van der Waals surface area contributed by atoms with Gasteiger partial charge in [0.25, 0.3) is 0 Å². The number of ether oxygens (including phenoxy) is 4. The third-order valence-electron chi connectivity index (χ3n) is 5.92. The Bertz CT molecular complexity index is 1500. The largest absolute Gasteiger partial charge is 0.485 e. The number of thiophene rings is 2. The van der Waals surface area contributed by atoms with E-state index in [1.165, 1.54) is 0 Å². The predicted molar refractivity (Wildman–Crippen MR) is 131 cm³/mol. The Morgan fingerprint density at radius 3 is 1.67 bits per heavy atom.